The molecule has 18 heavy (non-hydrogen) atoms. The Morgan fingerprint density at radius 1 is 1.39 bits per heavy atom. The highest BCUT2D eigenvalue weighted by Gasteiger charge is 2.13. The van der Waals surface area contributed by atoms with Crippen molar-refractivity contribution < 1.29 is 14.3 Å². The van der Waals surface area contributed by atoms with E-state index in [-0.39, 0.29) is 12.2 Å². The van der Waals surface area contributed by atoms with Gasteiger partial charge in [0.2, 0.25) is 0 Å². The zero-order chi connectivity index (χ0) is 13.1. The Kier molecular flexibility index (Phi) is 3.57. The highest BCUT2D eigenvalue weighted by atomic mass is 32.1. The SMILES string of the molecule is Nc1nc(-c2ccc(F)cc2)c(CCC(=O)O)s1. The van der Waals surface area contributed by atoms with Crippen molar-refractivity contribution in [1.29, 1.82) is 0 Å². The van der Waals surface area contributed by atoms with E-state index < -0.39 is 5.97 Å². The first kappa shape index (κ1) is 12.5. The van der Waals surface area contributed by atoms with Crippen molar-refractivity contribution in [2.45, 2.75) is 12.8 Å². The molecule has 0 amide bonds. The molecule has 0 saturated heterocycles. The van der Waals surface area contributed by atoms with Crippen LogP contribution < -0.4 is 5.73 Å². The Balaban J connectivity index is 2.31. The van der Waals surface area contributed by atoms with Crippen molar-refractivity contribution in [3.63, 3.8) is 0 Å². The van der Waals surface area contributed by atoms with Crippen molar-refractivity contribution in [2.24, 2.45) is 0 Å². The lowest BCUT2D eigenvalue weighted by Gasteiger charge is -2.01. The summed E-state index contributed by atoms with van der Waals surface area (Å²) in [5.41, 5.74) is 7.02. The molecule has 0 atom stereocenters. The van der Waals surface area contributed by atoms with Crippen LogP contribution in [0.1, 0.15) is 11.3 Å². The smallest absolute Gasteiger partial charge is 0.303 e. The van der Waals surface area contributed by atoms with Crippen LogP contribution in [0, 0.1) is 5.82 Å². The third kappa shape index (κ3) is 2.84. The van der Waals surface area contributed by atoms with Crippen molar-refractivity contribution in [1.82, 2.24) is 4.98 Å². The van der Waals surface area contributed by atoms with Gasteiger partial charge in [-0.25, -0.2) is 9.37 Å². The largest absolute Gasteiger partial charge is 0.481 e. The fourth-order valence-corrected chi connectivity index (χ4v) is 2.45. The minimum absolute atomic E-state index is 0.0236. The lowest BCUT2D eigenvalue weighted by atomic mass is 10.1. The minimum Gasteiger partial charge on any atom is -0.481 e. The molecule has 94 valence electrons. The maximum atomic E-state index is 12.8. The van der Waals surface area contributed by atoms with Crippen LogP contribution in [0.25, 0.3) is 11.3 Å². The Morgan fingerprint density at radius 2 is 2.06 bits per heavy atom. The predicted molar refractivity (Wildman–Crippen MR) is 67.9 cm³/mol. The average molecular weight is 266 g/mol. The molecule has 0 aliphatic carbocycles. The number of aliphatic carboxylic acids is 1. The van der Waals surface area contributed by atoms with E-state index in [1.807, 2.05) is 0 Å². The predicted octanol–water partition coefficient (Wildman–Crippen LogP) is 2.55. The number of hydrogen-bond acceptors (Lipinski definition) is 4. The highest BCUT2D eigenvalue weighted by molar-refractivity contribution is 7.15. The van der Waals surface area contributed by atoms with E-state index in [9.17, 15) is 9.18 Å². The summed E-state index contributed by atoms with van der Waals surface area (Å²) in [5.74, 6) is -1.19. The second-order valence-corrected chi connectivity index (χ2v) is 4.84. The molecule has 0 aliphatic rings. The number of aryl methyl sites for hydroxylation is 1. The van der Waals surface area contributed by atoms with Gasteiger partial charge in [-0.1, -0.05) is 0 Å². The maximum Gasteiger partial charge on any atom is 0.303 e. The number of aromatic nitrogens is 1. The number of thiazole rings is 1. The van der Waals surface area contributed by atoms with Gasteiger partial charge >= 0.3 is 5.97 Å². The number of rotatable bonds is 4. The van der Waals surface area contributed by atoms with E-state index in [1.165, 1.54) is 23.5 Å². The zero-order valence-electron chi connectivity index (χ0n) is 9.39. The van der Waals surface area contributed by atoms with Gasteiger partial charge in [0.25, 0.3) is 0 Å². The monoisotopic (exact) mass is 266 g/mol. The van der Waals surface area contributed by atoms with Gasteiger partial charge in [0.15, 0.2) is 5.13 Å². The summed E-state index contributed by atoms with van der Waals surface area (Å²) in [7, 11) is 0. The zero-order valence-corrected chi connectivity index (χ0v) is 10.2. The standard InChI is InChI=1S/C12H11FN2O2S/c13-8-3-1-7(2-4-8)11-9(5-6-10(16)17)18-12(14)15-11/h1-4H,5-6H2,(H2,14,15)(H,16,17). The molecular weight excluding hydrogens is 255 g/mol. The van der Waals surface area contributed by atoms with Crippen molar-refractivity contribution in [3.05, 3.63) is 35.0 Å². The van der Waals surface area contributed by atoms with Gasteiger partial charge in [-0.2, -0.15) is 0 Å². The number of carboxylic acids is 1. The number of benzene rings is 1. The molecule has 2 aromatic rings. The molecule has 0 radical (unpaired) electrons. The van der Waals surface area contributed by atoms with Gasteiger partial charge in [-0.05, 0) is 30.7 Å². The van der Waals surface area contributed by atoms with Crippen LogP contribution >= 0.6 is 11.3 Å². The van der Waals surface area contributed by atoms with Gasteiger partial charge in [0.1, 0.15) is 5.82 Å². The van der Waals surface area contributed by atoms with E-state index in [4.69, 9.17) is 10.8 Å². The molecule has 0 bridgehead atoms. The summed E-state index contributed by atoms with van der Waals surface area (Å²) in [5, 5.41) is 9.07. The minimum atomic E-state index is -0.868. The summed E-state index contributed by atoms with van der Waals surface area (Å²) in [6.07, 6.45) is 0.396. The number of nitrogen functional groups attached to an aromatic ring is 1. The van der Waals surface area contributed by atoms with E-state index in [2.05, 4.69) is 4.98 Å². The molecular formula is C12H11FN2O2S. The van der Waals surface area contributed by atoms with E-state index in [0.717, 1.165) is 10.4 Å². The van der Waals surface area contributed by atoms with Gasteiger partial charge in [0, 0.05) is 10.4 Å². The van der Waals surface area contributed by atoms with Gasteiger partial charge in [-0.3, -0.25) is 4.79 Å². The van der Waals surface area contributed by atoms with E-state index in [1.54, 1.807) is 12.1 Å². The Bertz CT molecular complexity index is 566. The molecule has 6 heteroatoms. The fourth-order valence-electron chi connectivity index (χ4n) is 1.59. The molecule has 2 rings (SSSR count). The number of nitrogens with two attached hydrogens (primary N) is 1. The Morgan fingerprint density at radius 3 is 2.67 bits per heavy atom. The summed E-state index contributed by atoms with van der Waals surface area (Å²) < 4.78 is 12.8. The summed E-state index contributed by atoms with van der Waals surface area (Å²) in [4.78, 5) is 15.6. The van der Waals surface area contributed by atoms with Crippen LogP contribution in [0.4, 0.5) is 9.52 Å². The number of carboxylic acid groups (broad SMARTS) is 1. The summed E-state index contributed by atoms with van der Waals surface area (Å²) in [6, 6.07) is 5.89. The molecule has 0 spiro atoms. The molecule has 1 aromatic heterocycles. The first-order valence-electron chi connectivity index (χ1n) is 5.29. The quantitative estimate of drug-likeness (QED) is 0.891. The molecule has 0 fully saturated rings. The fraction of sp³-hybridized carbons (Fsp3) is 0.167. The molecule has 3 N–H and O–H groups in total. The van der Waals surface area contributed by atoms with Gasteiger partial charge in [0.05, 0.1) is 12.1 Å². The summed E-state index contributed by atoms with van der Waals surface area (Å²) in [6.45, 7) is 0. The normalized spacial score (nSPS) is 10.5. The van der Waals surface area contributed by atoms with Crippen LogP contribution in [-0.2, 0) is 11.2 Å². The second-order valence-electron chi connectivity index (χ2n) is 3.72. The Labute approximate surface area is 107 Å². The molecule has 1 aromatic carbocycles. The number of hydrogen-bond donors (Lipinski definition) is 2. The molecule has 4 nitrogen and oxygen atoms in total. The molecule has 0 aliphatic heterocycles. The van der Waals surface area contributed by atoms with Crippen LogP contribution in [0.2, 0.25) is 0 Å². The van der Waals surface area contributed by atoms with Crippen molar-refractivity contribution >= 4 is 22.4 Å². The number of nitrogens with zero attached hydrogens (tertiary/aromatic N) is 1. The number of halogens is 1. The van der Waals surface area contributed by atoms with Gasteiger partial charge in [-0.15, -0.1) is 11.3 Å². The van der Waals surface area contributed by atoms with Gasteiger partial charge < -0.3 is 10.8 Å². The Hall–Kier alpha value is -1.95. The van der Waals surface area contributed by atoms with Crippen molar-refractivity contribution in [3.8, 4) is 11.3 Å². The average Bonchev–Trinajstić information content (AvgIpc) is 2.69. The number of carbonyl (C=O) groups is 1. The summed E-state index contributed by atoms with van der Waals surface area (Å²) >= 11 is 1.26. The molecule has 1 heterocycles. The lowest BCUT2D eigenvalue weighted by Crippen LogP contribution is -1.97. The third-order valence-electron chi connectivity index (χ3n) is 2.40. The molecule has 0 unspecified atom stereocenters. The highest BCUT2D eigenvalue weighted by Crippen LogP contribution is 2.30. The van der Waals surface area contributed by atoms with Crippen LogP contribution in [0.3, 0.4) is 0 Å². The van der Waals surface area contributed by atoms with Crippen LogP contribution in [0.15, 0.2) is 24.3 Å². The first-order chi connectivity index (χ1) is 8.56. The lowest BCUT2D eigenvalue weighted by molar-refractivity contribution is -0.136. The third-order valence-corrected chi connectivity index (χ3v) is 3.34. The molecule has 0 saturated carbocycles. The first-order valence-corrected chi connectivity index (χ1v) is 6.11. The van der Waals surface area contributed by atoms with Crippen LogP contribution in [-0.4, -0.2) is 16.1 Å². The topological polar surface area (TPSA) is 76.2 Å². The maximum absolute atomic E-state index is 12.8. The van der Waals surface area contributed by atoms with E-state index in [0.29, 0.717) is 17.2 Å². The van der Waals surface area contributed by atoms with E-state index >= 15 is 0 Å². The van der Waals surface area contributed by atoms with Crippen LogP contribution in [0.5, 0.6) is 0 Å². The second kappa shape index (κ2) is 5.14. The number of anilines is 1. The van der Waals surface area contributed by atoms with Crippen molar-refractivity contribution in [2.75, 3.05) is 5.73 Å².